The van der Waals surface area contributed by atoms with Gasteiger partial charge in [-0.25, -0.2) is 9.50 Å². The zero-order valence-corrected chi connectivity index (χ0v) is 11.8. The molecular formula is C14H22N6. The first-order valence-corrected chi connectivity index (χ1v) is 7.34. The highest BCUT2D eigenvalue weighted by molar-refractivity contribution is 5.68. The number of anilines is 1. The molecule has 0 atom stereocenters. The minimum absolute atomic E-state index is 0.775. The van der Waals surface area contributed by atoms with Crippen molar-refractivity contribution in [1.82, 2.24) is 19.5 Å². The minimum Gasteiger partial charge on any atom is -0.353 e. The number of nitrogens with zero attached hydrogens (tertiary/aromatic N) is 5. The maximum Gasteiger partial charge on any atom is 0.154 e. The van der Waals surface area contributed by atoms with Crippen molar-refractivity contribution in [1.29, 1.82) is 0 Å². The molecule has 2 N–H and O–H groups in total. The Morgan fingerprint density at radius 2 is 2.10 bits per heavy atom. The van der Waals surface area contributed by atoms with E-state index in [1.165, 1.54) is 6.42 Å². The Morgan fingerprint density at radius 1 is 1.15 bits per heavy atom. The molecule has 20 heavy (non-hydrogen) atoms. The van der Waals surface area contributed by atoms with E-state index in [0.717, 1.165) is 57.0 Å². The quantitative estimate of drug-likeness (QED) is 0.884. The maximum atomic E-state index is 5.60. The molecule has 0 aliphatic carbocycles. The summed E-state index contributed by atoms with van der Waals surface area (Å²) in [4.78, 5) is 9.44. The van der Waals surface area contributed by atoms with Crippen LogP contribution in [-0.2, 0) is 0 Å². The minimum atomic E-state index is 0.775. The van der Waals surface area contributed by atoms with Crippen molar-refractivity contribution >= 4 is 11.3 Å². The van der Waals surface area contributed by atoms with Crippen LogP contribution >= 0.6 is 0 Å². The molecule has 1 aliphatic rings. The molecule has 2 aromatic rings. The van der Waals surface area contributed by atoms with Crippen LogP contribution in [0.25, 0.3) is 5.52 Å². The van der Waals surface area contributed by atoms with Crippen LogP contribution in [0, 0.1) is 0 Å². The van der Waals surface area contributed by atoms with E-state index in [2.05, 4.69) is 19.9 Å². The third kappa shape index (κ3) is 2.76. The zero-order chi connectivity index (χ0) is 13.8. The molecule has 1 aliphatic heterocycles. The lowest BCUT2D eigenvalue weighted by atomic mass is 10.3. The Kier molecular flexibility index (Phi) is 4.13. The van der Waals surface area contributed by atoms with E-state index in [4.69, 9.17) is 5.73 Å². The van der Waals surface area contributed by atoms with Crippen molar-refractivity contribution < 1.29 is 0 Å². The van der Waals surface area contributed by atoms with Crippen LogP contribution in [0.3, 0.4) is 0 Å². The van der Waals surface area contributed by atoms with Gasteiger partial charge < -0.3 is 15.5 Å². The lowest BCUT2D eigenvalue weighted by Gasteiger charge is -2.23. The lowest BCUT2D eigenvalue weighted by molar-refractivity contribution is 0.291. The molecule has 0 amide bonds. The second-order valence-corrected chi connectivity index (χ2v) is 5.24. The summed E-state index contributed by atoms with van der Waals surface area (Å²) in [6.45, 7) is 6.18. The van der Waals surface area contributed by atoms with Crippen molar-refractivity contribution in [3.05, 3.63) is 24.7 Å². The average Bonchev–Trinajstić information content (AvgIpc) is 2.83. The van der Waals surface area contributed by atoms with Crippen molar-refractivity contribution in [2.75, 3.05) is 44.2 Å². The fourth-order valence-electron chi connectivity index (χ4n) is 2.81. The molecule has 1 fully saturated rings. The van der Waals surface area contributed by atoms with Gasteiger partial charge in [-0.1, -0.05) is 0 Å². The van der Waals surface area contributed by atoms with E-state index in [-0.39, 0.29) is 0 Å². The fraction of sp³-hybridized carbons (Fsp3) is 0.571. The molecule has 6 heteroatoms. The predicted molar refractivity (Wildman–Crippen MR) is 79.9 cm³/mol. The summed E-state index contributed by atoms with van der Waals surface area (Å²) < 4.78 is 1.89. The van der Waals surface area contributed by atoms with Gasteiger partial charge in [0.25, 0.3) is 0 Å². The van der Waals surface area contributed by atoms with Gasteiger partial charge in [-0.3, -0.25) is 0 Å². The van der Waals surface area contributed by atoms with Crippen LogP contribution in [0.1, 0.15) is 12.8 Å². The van der Waals surface area contributed by atoms with Crippen molar-refractivity contribution in [3.8, 4) is 0 Å². The first-order valence-electron chi connectivity index (χ1n) is 7.34. The normalized spacial score (nSPS) is 17.6. The Morgan fingerprint density at radius 3 is 3.00 bits per heavy atom. The Bertz CT molecular complexity index is 551. The summed E-state index contributed by atoms with van der Waals surface area (Å²) >= 11 is 0. The summed E-state index contributed by atoms with van der Waals surface area (Å²) in [6.07, 6.45) is 7.79. The van der Waals surface area contributed by atoms with Crippen LogP contribution < -0.4 is 10.6 Å². The van der Waals surface area contributed by atoms with E-state index < -0.39 is 0 Å². The molecule has 108 valence electrons. The molecule has 6 nitrogen and oxygen atoms in total. The molecule has 0 unspecified atom stereocenters. The SMILES string of the molecule is NCCCN1CCCN(c2nccn3nccc23)CC1. The smallest absolute Gasteiger partial charge is 0.154 e. The van der Waals surface area contributed by atoms with Crippen molar-refractivity contribution in [2.24, 2.45) is 5.73 Å². The van der Waals surface area contributed by atoms with Crippen LogP contribution in [0.5, 0.6) is 0 Å². The van der Waals surface area contributed by atoms with Gasteiger partial charge >= 0.3 is 0 Å². The van der Waals surface area contributed by atoms with Crippen LogP contribution in [-0.4, -0.2) is 58.8 Å². The monoisotopic (exact) mass is 274 g/mol. The first-order chi connectivity index (χ1) is 9.88. The van der Waals surface area contributed by atoms with E-state index in [1.807, 2.05) is 29.2 Å². The molecule has 0 aromatic carbocycles. The van der Waals surface area contributed by atoms with Crippen LogP contribution in [0.4, 0.5) is 5.82 Å². The van der Waals surface area contributed by atoms with Gasteiger partial charge in [0, 0.05) is 32.0 Å². The van der Waals surface area contributed by atoms with Crippen LogP contribution in [0.15, 0.2) is 24.7 Å². The third-order valence-corrected chi connectivity index (χ3v) is 3.87. The largest absolute Gasteiger partial charge is 0.353 e. The van der Waals surface area contributed by atoms with Gasteiger partial charge in [0.15, 0.2) is 5.82 Å². The number of aromatic nitrogens is 3. The molecular weight excluding hydrogens is 252 g/mol. The van der Waals surface area contributed by atoms with Gasteiger partial charge in [0.2, 0.25) is 0 Å². The Balaban J connectivity index is 1.73. The summed E-state index contributed by atoms with van der Waals surface area (Å²) in [6, 6.07) is 2.03. The fourth-order valence-corrected chi connectivity index (χ4v) is 2.81. The summed E-state index contributed by atoms with van der Waals surface area (Å²) in [5.74, 6) is 1.05. The Labute approximate surface area is 119 Å². The van der Waals surface area contributed by atoms with Gasteiger partial charge in [-0.2, -0.15) is 5.10 Å². The summed E-state index contributed by atoms with van der Waals surface area (Å²) in [5, 5.41) is 4.28. The Hall–Kier alpha value is -1.66. The number of fused-ring (bicyclic) bond motifs is 1. The number of hydrogen-bond donors (Lipinski definition) is 1. The summed E-state index contributed by atoms with van der Waals surface area (Å²) in [7, 11) is 0. The van der Waals surface area contributed by atoms with Crippen molar-refractivity contribution in [3.63, 3.8) is 0 Å². The van der Waals surface area contributed by atoms with Crippen molar-refractivity contribution in [2.45, 2.75) is 12.8 Å². The second-order valence-electron chi connectivity index (χ2n) is 5.24. The standard InChI is InChI=1S/C14H22N6/c15-4-1-7-18-8-2-9-19(12-11-18)14-13-3-5-17-20(13)10-6-16-14/h3,5-6,10H,1-2,4,7-9,11-12,15H2. The number of hydrogen-bond acceptors (Lipinski definition) is 5. The van der Waals surface area contributed by atoms with E-state index in [0.29, 0.717) is 0 Å². The van der Waals surface area contributed by atoms with Crippen LogP contribution in [0.2, 0.25) is 0 Å². The van der Waals surface area contributed by atoms with E-state index >= 15 is 0 Å². The lowest BCUT2D eigenvalue weighted by Crippen LogP contribution is -2.32. The van der Waals surface area contributed by atoms with E-state index in [1.54, 1.807) is 0 Å². The number of nitrogens with two attached hydrogens (primary N) is 1. The highest BCUT2D eigenvalue weighted by Crippen LogP contribution is 2.19. The predicted octanol–water partition coefficient (Wildman–Crippen LogP) is 0.590. The maximum absolute atomic E-state index is 5.60. The van der Waals surface area contributed by atoms with E-state index in [9.17, 15) is 0 Å². The highest BCUT2D eigenvalue weighted by Gasteiger charge is 2.17. The average molecular weight is 274 g/mol. The zero-order valence-electron chi connectivity index (χ0n) is 11.8. The molecule has 0 bridgehead atoms. The molecule has 3 rings (SSSR count). The number of rotatable bonds is 4. The van der Waals surface area contributed by atoms with Gasteiger partial charge in [-0.15, -0.1) is 0 Å². The molecule has 1 saturated heterocycles. The molecule has 2 aromatic heterocycles. The molecule has 3 heterocycles. The molecule has 0 saturated carbocycles. The topological polar surface area (TPSA) is 62.7 Å². The molecule has 0 radical (unpaired) electrons. The molecule has 0 spiro atoms. The van der Waals surface area contributed by atoms with Gasteiger partial charge in [0.05, 0.1) is 6.20 Å². The first kappa shape index (κ1) is 13.3. The highest BCUT2D eigenvalue weighted by atomic mass is 15.3. The van der Waals surface area contributed by atoms with Gasteiger partial charge in [0.1, 0.15) is 5.52 Å². The van der Waals surface area contributed by atoms with Gasteiger partial charge in [-0.05, 0) is 38.5 Å². The summed E-state index contributed by atoms with van der Waals surface area (Å²) in [5.41, 5.74) is 6.68. The third-order valence-electron chi connectivity index (χ3n) is 3.87. The second kappa shape index (κ2) is 6.19.